The molecule has 1 aromatic rings. The predicted octanol–water partition coefficient (Wildman–Crippen LogP) is 2.06. The Morgan fingerprint density at radius 2 is 2.38 bits per heavy atom. The lowest BCUT2D eigenvalue weighted by Crippen LogP contribution is -2.10. The van der Waals surface area contributed by atoms with E-state index >= 15 is 0 Å². The standard InChI is InChI=1S/C8H7ClFNO2/c1-4(8(12)13)6-5(9)2-3-11-7(6)10/h2-4H,1H3,(H,12,13). The van der Waals surface area contributed by atoms with Gasteiger partial charge in [-0.15, -0.1) is 0 Å². The maximum absolute atomic E-state index is 13.0. The summed E-state index contributed by atoms with van der Waals surface area (Å²) in [6, 6.07) is 1.36. The first-order valence-electron chi connectivity index (χ1n) is 3.56. The Bertz CT molecular complexity index is 323. The van der Waals surface area contributed by atoms with Gasteiger partial charge in [0.2, 0.25) is 5.95 Å². The van der Waals surface area contributed by atoms with E-state index in [1.54, 1.807) is 0 Å². The van der Waals surface area contributed by atoms with Gasteiger partial charge >= 0.3 is 5.97 Å². The van der Waals surface area contributed by atoms with Gasteiger partial charge in [-0.1, -0.05) is 11.6 Å². The smallest absolute Gasteiger partial charge is 0.310 e. The minimum absolute atomic E-state index is 0.0725. The Balaban J connectivity index is 3.20. The molecule has 0 radical (unpaired) electrons. The fourth-order valence-corrected chi connectivity index (χ4v) is 1.23. The number of carbonyl (C=O) groups is 1. The highest BCUT2D eigenvalue weighted by Crippen LogP contribution is 2.25. The van der Waals surface area contributed by atoms with E-state index in [0.29, 0.717) is 0 Å². The van der Waals surface area contributed by atoms with E-state index in [2.05, 4.69) is 4.98 Å². The summed E-state index contributed by atoms with van der Waals surface area (Å²) in [6.45, 7) is 1.36. The fourth-order valence-electron chi connectivity index (χ4n) is 0.935. The Labute approximate surface area is 79.2 Å². The molecule has 1 atom stereocenters. The van der Waals surface area contributed by atoms with E-state index < -0.39 is 17.8 Å². The van der Waals surface area contributed by atoms with Gasteiger partial charge in [-0.25, -0.2) is 4.98 Å². The van der Waals surface area contributed by atoms with Crippen molar-refractivity contribution in [2.75, 3.05) is 0 Å². The Morgan fingerprint density at radius 1 is 1.77 bits per heavy atom. The Kier molecular flexibility index (Phi) is 2.83. The van der Waals surface area contributed by atoms with Crippen LogP contribution in [-0.2, 0) is 4.79 Å². The second kappa shape index (κ2) is 3.70. The molecule has 3 nitrogen and oxygen atoms in total. The molecule has 0 aliphatic carbocycles. The molecule has 0 aromatic carbocycles. The van der Waals surface area contributed by atoms with Crippen molar-refractivity contribution in [2.24, 2.45) is 0 Å². The second-order valence-electron chi connectivity index (χ2n) is 2.56. The van der Waals surface area contributed by atoms with Gasteiger partial charge in [0.15, 0.2) is 0 Å². The van der Waals surface area contributed by atoms with Crippen molar-refractivity contribution in [1.29, 1.82) is 0 Å². The lowest BCUT2D eigenvalue weighted by atomic mass is 10.0. The zero-order valence-electron chi connectivity index (χ0n) is 6.79. The third-order valence-electron chi connectivity index (χ3n) is 1.69. The maximum atomic E-state index is 13.0. The molecule has 1 rings (SSSR count). The van der Waals surface area contributed by atoms with Crippen LogP contribution in [-0.4, -0.2) is 16.1 Å². The Hall–Kier alpha value is -1.16. The maximum Gasteiger partial charge on any atom is 0.310 e. The van der Waals surface area contributed by atoms with Crippen LogP contribution in [0, 0.1) is 5.95 Å². The lowest BCUT2D eigenvalue weighted by molar-refractivity contribution is -0.138. The number of pyridine rings is 1. The Morgan fingerprint density at radius 3 is 2.85 bits per heavy atom. The molecule has 13 heavy (non-hydrogen) atoms. The van der Waals surface area contributed by atoms with Crippen LogP contribution >= 0.6 is 11.6 Å². The summed E-state index contributed by atoms with van der Waals surface area (Å²) in [4.78, 5) is 13.9. The molecular weight excluding hydrogens is 197 g/mol. The van der Waals surface area contributed by atoms with Gasteiger partial charge in [0.25, 0.3) is 0 Å². The number of rotatable bonds is 2. The SMILES string of the molecule is CC(C(=O)O)c1c(Cl)ccnc1F. The minimum atomic E-state index is -1.13. The number of halogens is 2. The monoisotopic (exact) mass is 203 g/mol. The van der Waals surface area contributed by atoms with Gasteiger partial charge in [0.05, 0.1) is 10.9 Å². The second-order valence-corrected chi connectivity index (χ2v) is 2.96. The summed E-state index contributed by atoms with van der Waals surface area (Å²) in [5.41, 5.74) is -0.0725. The van der Waals surface area contributed by atoms with Crippen molar-refractivity contribution >= 4 is 17.6 Å². The van der Waals surface area contributed by atoms with Crippen LogP contribution in [0.1, 0.15) is 18.4 Å². The molecule has 0 bridgehead atoms. The fraction of sp³-hybridized carbons (Fsp3) is 0.250. The van der Waals surface area contributed by atoms with Crippen molar-refractivity contribution in [3.8, 4) is 0 Å². The van der Waals surface area contributed by atoms with E-state index in [0.717, 1.165) is 0 Å². The molecule has 0 saturated carbocycles. The number of carboxylic acid groups (broad SMARTS) is 1. The highest BCUT2D eigenvalue weighted by atomic mass is 35.5. The van der Waals surface area contributed by atoms with Crippen molar-refractivity contribution < 1.29 is 14.3 Å². The number of carboxylic acids is 1. The summed E-state index contributed by atoms with van der Waals surface area (Å²) < 4.78 is 13.0. The van der Waals surface area contributed by atoms with Crippen LogP contribution in [0.4, 0.5) is 4.39 Å². The van der Waals surface area contributed by atoms with Crippen molar-refractivity contribution in [3.05, 3.63) is 28.8 Å². The van der Waals surface area contributed by atoms with E-state index in [-0.39, 0.29) is 10.6 Å². The zero-order chi connectivity index (χ0) is 10.0. The molecule has 0 aliphatic heterocycles. The summed E-state index contributed by atoms with van der Waals surface area (Å²) >= 11 is 5.63. The average Bonchev–Trinajstić information content (AvgIpc) is 2.03. The third kappa shape index (κ3) is 1.95. The van der Waals surface area contributed by atoms with Gasteiger partial charge in [-0.05, 0) is 13.0 Å². The van der Waals surface area contributed by atoms with Crippen LogP contribution in [0.2, 0.25) is 5.02 Å². The van der Waals surface area contributed by atoms with Crippen molar-refractivity contribution in [2.45, 2.75) is 12.8 Å². The molecular formula is C8H7ClFNO2. The molecule has 1 unspecified atom stereocenters. The molecule has 0 amide bonds. The normalized spacial score (nSPS) is 12.5. The molecule has 5 heteroatoms. The average molecular weight is 204 g/mol. The molecule has 70 valence electrons. The van der Waals surface area contributed by atoms with Crippen molar-refractivity contribution in [1.82, 2.24) is 4.98 Å². The van der Waals surface area contributed by atoms with Gasteiger partial charge in [0.1, 0.15) is 0 Å². The van der Waals surface area contributed by atoms with Crippen LogP contribution in [0.5, 0.6) is 0 Å². The van der Waals surface area contributed by atoms with E-state index in [4.69, 9.17) is 16.7 Å². The predicted molar refractivity (Wildman–Crippen MR) is 45.3 cm³/mol. The summed E-state index contributed by atoms with van der Waals surface area (Å²) in [7, 11) is 0. The number of aromatic nitrogens is 1. The molecule has 0 fully saturated rings. The summed E-state index contributed by atoms with van der Waals surface area (Å²) in [5.74, 6) is -2.95. The first-order chi connectivity index (χ1) is 6.04. The zero-order valence-corrected chi connectivity index (χ0v) is 7.55. The highest BCUT2D eigenvalue weighted by Gasteiger charge is 2.21. The molecule has 0 aliphatic rings. The minimum Gasteiger partial charge on any atom is -0.481 e. The summed E-state index contributed by atoms with van der Waals surface area (Å²) in [6.07, 6.45) is 1.19. The molecule has 0 saturated heterocycles. The van der Waals surface area contributed by atoms with Crippen LogP contribution in [0.25, 0.3) is 0 Å². The van der Waals surface area contributed by atoms with Crippen molar-refractivity contribution in [3.63, 3.8) is 0 Å². The third-order valence-corrected chi connectivity index (χ3v) is 2.02. The van der Waals surface area contributed by atoms with E-state index in [1.807, 2.05) is 0 Å². The largest absolute Gasteiger partial charge is 0.481 e. The van der Waals surface area contributed by atoms with Gasteiger partial charge in [-0.2, -0.15) is 4.39 Å². The lowest BCUT2D eigenvalue weighted by Gasteiger charge is -2.08. The number of aliphatic carboxylic acids is 1. The molecule has 1 aromatic heterocycles. The van der Waals surface area contributed by atoms with Gasteiger partial charge < -0.3 is 5.11 Å². The number of nitrogens with zero attached hydrogens (tertiary/aromatic N) is 1. The van der Waals surface area contributed by atoms with Crippen LogP contribution < -0.4 is 0 Å². The molecule has 0 spiro atoms. The summed E-state index contributed by atoms with van der Waals surface area (Å²) in [5, 5.41) is 8.72. The van der Waals surface area contributed by atoms with Gasteiger partial charge in [0, 0.05) is 11.8 Å². The quantitative estimate of drug-likeness (QED) is 0.749. The first-order valence-corrected chi connectivity index (χ1v) is 3.94. The first kappa shape index (κ1) is 9.92. The van der Waals surface area contributed by atoms with E-state index in [1.165, 1.54) is 19.2 Å². The van der Waals surface area contributed by atoms with Crippen LogP contribution in [0.3, 0.4) is 0 Å². The topological polar surface area (TPSA) is 50.2 Å². The number of hydrogen-bond donors (Lipinski definition) is 1. The van der Waals surface area contributed by atoms with Crippen LogP contribution in [0.15, 0.2) is 12.3 Å². The number of hydrogen-bond acceptors (Lipinski definition) is 2. The molecule has 1 N–H and O–H groups in total. The molecule has 1 heterocycles. The van der Waals surface area contributed by atoms with Gasteiger partial charge in [-0.3, -0.25) is 4.79 Å². The van der Waals surface area contributed by atoms with E-state index in [9.17, 15) is 9.18 Å². The highest BCUT2D eigenvalue weighted by molar-refractivity contribution is 6.31.